The first-order valence-electron chi connectivity index (χ1n) is 9.02. The number of aromatic nitrogens is 1. The van der Waals surface area contributed by atoms with Crippen LogP contribution in [0.4, 0.5) is 0 Å². The number of nitrogens with zero attached hydrogens (tertiary/aromatic N) is 3. The Balaban J connectivity index is 1.39. The van der Waals surface area contributed by atoms with Crippen LogP contribution in [0.1, 0.15) is 42.0 Å². The van der Waals surface area contributed by atoms with Gasteiger partial charge in [0.2, 0.25) is 0 Å². The summed E-state index contributed by atoms with van der Waals surface area (Å²) in [6.07, 6.45) is 5.71. The van der Waals surface area contributed by atoms with Gasteiger partial charge in [-0.1, -0.05) is 5.16 Å². The molecule has 0 radical (unpaired) electrons. The lowest BCUT2D eigenvalue weighted by atomic mass is 9.79. The van der Waals surface area contributed by atoms with Crippen LogP contribution in [0.3, 0.4) is 0 Å². The van der Waals surface area contributed by atoms with Crippen molar-refractivity contribution in [3.8, 4) is 0 Å². The molecule has 0 aromatic carbocycles. The van der Waals surface area contributed by atoms with E-state index in [2.05, 4.69) is 21.0 Å². The van der Waals surface area contributed by atoms with Crippen LogP contribution in [0.25, 0.3) is 0 Å². The Kier molecular flexibility index (Phi) is 4.22. The second-order valence-corrected chi connectivity index (χ2v) is 7.66. The van der Waals surface area contributed by atoms with Crippen molar-refractivity contribution in [1.82, 2.24) is 15.0 Å². The summed E-state index contributed by atoms with van der Waals surface area (Å²) in [5.41, 5.74) is 2.76. The summed E-state index contributed by atoms with van der Waals surface area (Å²) in [6.45, 7) is 10.7. The van der Waals surface area contributed by atoms with E-state index in [1.165, 1.54) is 51.0 Å². The molecule has 0 N–H and O–H groups in total. The fourth-order valence-corrected chi connectivity index (χ4v) is 4.52. The summed E-state index contributed by atoms with van der Waals surface area (Å²) in [6, 6.07) is 4.06. The monoisotopic (exact) mass is 329 g/mol. The second-order valence-electron chi connectivity index (χ2n) is 7.66. The molecule has 5 heteroatoms. The normalized spacial score (nSPS) is 25.8. The van der Waals surface area contributed by atoms with E-state index in [0.29, 0.717) is 5.41 Å². The van der Waals surface area contributed by atoms with E-state index in [1.54, 1.807) is 6.26 Å². The lowest BCUT2D eigenvalue weighted by Gasteiger charge is -2.40. The Hall–Kier alpha value is -1.59. The average Bonchev–Trinajstić information content (AvgIpc) is 3.27. The zero-order valence-electron chi connectivity index (χ0n) is 14.8. The second kappa shape index (κ2) is 6.37. The highest BCUT2D eigenvalue weighted by atomic mass is 16.5. The molecule has 0 amide bonds. The maximum absolute atomic E-state index is 5.52. The third kappa shape index (κ3) is 3.15. The largest absolute Gasteiger partial charge is 0.468 e. The molecule has 1 spiro atoms. The van der Waals surface area contributed by atoms with E-state index in [1.807, 2.05) is 19.9 Å². The molecule has 2 aromatic rings. The highest BCUT2D eigenvalue weighted by Gasteiger charge is 2.41. The Morgan fingerprint density at radius 2 is 1.96 bits per heavy atom. The van der Waals surface area contributed by atoms with Crippen LogP contribution >= 0.6 is 0 Å². The van der Waals surface area contributed by atoms with Crippen molar-refractivity contribution < 1.29 is 8.94 Å². The molecule has 24 heavy (non-hydrogen) atoms. The van der Waals surface area contributed by atoms with Gasteiger partial charge in [-0.05, 0) is 63.7 Å². The molecule has 4 rings (SSSR count). The fraction of sp³-hybridized carbons (Fsp3) is 0.632. The highest BCUT2D eigenvalue weighted by Crippen LogP contribution is 2.40. The van der Waals surface area contributed by atoms with Gasteiger partial charge >= 0.3 is 0 Å². The van der Waals surface area contributed by atoms with Crippen molar-refractivity contribution in [2.75, 3.05) is 26.2 Å². The Morgan fingerprint density at radius 1 is 1.12 bits per heavy atom. The minimum absolute atomic E-state index is 0.448. The molecule has 2 aromatic heterocycles. The van der Waals surface area contributed by atoms with Gasteiger partial charge in [-0.3, -0.25) is 9.80 Å². The fourth-order valence-electron chi connectivity index (χ4n) is 4.52. The van der Waals surface area contributed by atoms with Gasteiger partial charge < -0.3 is 8.94 Å². The predicted octanol–water partition coefficient (Wildman–Crippen LogP) is 3.37. The number of hydrogen-bond donors (Lipinski definition) is 0. The van der Waals surface area contributed by atoms with E-state index in [4.69, 9.17) is 8.94 Å². The molecule has 4 heterocycles. The van der Waals surface area contributed by atoms with Crippen LogP contribution in [0.5, 0.6) is 0 Å². The molecule has 2 aliphatic heterocycles. The topological polar surface area (TPSA) is 45.7 Å². The van der Waals surface area contributed by atoms with Gasteiger partial charge in [-0.2, -0.15) is 0 Å². The quantitative estimate of drug-likeness (QED) is 0.860. The number of rotatable bonds is 4. The molecular formula is C19H27N3O2. The Morgan fingerprint density at radius 3 is 2.67 bits per heavy atom. The molecule has 0 bridgehead atoms. The number of aryl methyl sites for hydroxylation is 2. The van der Waals surface area contributed by atoms with Gasteiger partial charge in [0.1, 0.15) is 11.5 Å². The third-order valence-electron chi connectivity index (χ3n) is 5.78. The summed E-state index contributed by atoms with van der Waals surface area (Å²) >= 11 is 0. The van der Waals surface area contributed by atoms with Crippen molar-refractivity contribution in [2.24, 2.45) is 5.41 Å². The molecule has 5 nitrogen and oxygen atoms in total. The summed E-state index contributed by atoms with van der Waals surface area (Å²) in [7, 11) is 0. The van der Waals surface area contributed by atoms with Crippen LogP contribution in [0, 0.1) is 19.3 Å². The van der Waals surface area contributed by atoms with Gasteiger partial charge in [-0.25, -0.2) is 0 Å². The number of hydrogen-bond acceptors (Lipinski definition) is 5. The van der Waals surface area contributed by atoms with E-state index in [-0.39, 0.29) is 0 Å². The minimum atomic E-state index is 0.448. The zero-order chi connectivity index (χ0) is 16.6. The molecular weight excluding hydrogens is 302 g/mol. The molecule has 1 atom stereocenters. The lowest BCUT2D eigenvalue weighted by molar-refractivity contribution is 0.0853. The van der Waals surface area contributed by atoms with Crippen LogP contribution in [-0.2, 0) is 13.1 Å². The highest BCUT2D eigenvalue weighted by molar-refractivity contribution is 5.20. The molecule has 0 unspecified atom stereocenters. The van der Waals surface area contributed by atoms with Gasteiger partial charge in [0, 0.05) is 25.2 Å². The number of piperidine rings is 1. The van der Waals surface area contributed by atoms with Gasteiger partial charge in [-0.15, -0.1) is 0 Å². The molecule has 2 fully saturated rings. The minimum Gasteiger partial charge on any atom is -0.468 e. The SMILES string of the molecule is Cc1noc(C)c1CN1CCC[C@@]2(CCN(Cc3ccco3)C2)C1. The van der Waals surface area contributed by atoms with E-state index in [0.717, 1.165) is 30.3 Å². The Labute approximate surface area is 143 Å². The van der Waals surface area contributed by atoms with Crippen molar-refractivity contribution in [1.29, 1.82) is 0 Å². The van der Waals surface area contributed by atoms with Gasteiger partial charge in [0.05, 0.1) is 18.5 Å². The van der Waals surface area contributed by atoms with E-state index in [9.17, 15) is 0 Å². The molecule has 2 aliphatic rings. The number of likely N-dealkylation sites (tertiary alicyclic amines) is 2. The van der Waals surface area contributed by atoms with Crippen LogP contribution in [0.15, 0.2) is 27.3 Å². The van der Waals surface area contributed by atoms with Crippen molar-refractivity contribution in [3.05, 3.63) is 41.2 Å². The van der Waals surface area contributed by atoms with Crippen molar-refractivity contribution in [3.63, 3.8) is 0 Å². The van der Waals surface area contributed by atoms with Crippen LogP contribution < -0.4 is 0 Å². The van der Waals surface area contributed by atoms with Crippen LogP contribution in [0.2, 0.25) is 0 Å². The third-order valence-corrected chi connectivity index (χ3v) is 5.78. The van der Waals surface area contributed by atoms with Gasteiger partial charge in [0.15, 0.2) is 0 Å². The first kappa shape index (κ1) is 15.9. The van der Waals surface area contributed by atoms with Crippen LogP contribution in [-0.4, -0.2) is 41.1 Å². The predicted molar refractivity (Wildman–Crippen MR) is 91.5 cm³/mol. The lowest BCUT2D eigenvalue weighted by Crippen LogP contribution is -2.44. The Bertz CT molecular complexity index is 659. The molecule has 2 saturated heterocycles. The molecule has 130 valence electrons. The zero-order valence-corrected chi connectivity index (χ0v) is 14.8. The summed E-state index contributed by atoms with van der Waals surface area (Å²) in [5, 5.41) is 4.10. The first-order valence-corrected chi connectivity index (χ1v) is 9.02. The van der Waals surface area contributed by atoms with E-state index >= 15 is 0 Å². The maximum atomic E-state index is 5.52. The maximum Gasteiger partial charge on any atom is 0.138 e. The summed E-state index contributed by atoms with van der Waals surface area (Å²) in [5.74, 6) is 2.05. The smallest absolute Gasteiger partial charge is 0.138 e. The number of furan rings is 1. The molecule has 0 saturated carbocycles. The first-order chi connectivity index (χ1) is 11.6. The summed E-state index contributed by atoms with van der Waals surface area (Å²) in [4.78, 5) is 5.16. The van der Waals surface area contributed by atoms with Gasteiger partial charge in [0.25, 0.3) is 0 Å². The van der Waals surface area contributed by atoms with Crippen molar-refractivity contribution >= 4 is 0 Å². The van der Waals surface area contributed by atoms with Crippen molar-refractivity contribution in [2.45, 2.75) is 46.2 Å². The average molecular weight is 329 g/mol. The molecule has 0 aliphatic carbocycles. The van der Waals surface area contributed by atoms with E-state index < -0.39 is 0 Å². The standard InChI is InChI=1S/C19H27N3O2/c1-15-18(16(2)24-20-15)12-21-8-4-6-19(13-21)7-9-22(14-19)11-17-5-3-10-23-17/h3,5,10H,4,6-9,11-14H2,1-2H3/t19-/m1/s1. The summed E-state index contributed by atoms with van der Waals surface area (Å²) < 4.78 is 10.9.